The molecule has 4 heteroatoms. The fourth-order valence-corrected chi connectivity index (χ4v) is 3.06. The lowest BCUT2D eigenvalue weighted by atomic mass is 10.1. The molecule has 0 unspecified atom stereocenters. The maximum atomic E-state index is 5.95. The van der Waals surface area contributed by atoms with Crippen molar-refractivity contribution < 1.29 is 4.74 Å². The molecule has 0 atom stereocenters. The molecule has 2 nitrogen and oxygen atoms in total. The Bertz CT molecular complexity index is 589. The summed E-state index contributed by atoms with van der Waals surface area (Å²) in [6.45, 7) is 4.56. The van der Waals surface area contributed by atoms with E-state index in [9.17, 15) is 0 Å². The van der Waals surface area contributed by atoms with Gasteiger partial charge in [0, 0.05) is 21.5 Å². The SMILES string of the molecule is CCNCc1ccc(COc2ccccc2SC)c(Br)c1. The number of para-hydroxylation sites is 1. The van der Waals surface area contributed by atoms with E-state index in [-0.39, 0.29) is 0 Å². The molecule has 21 heavy (non-hydrogen) atoms. The Labute approximate surface area is 139 Å². The standard InChI is InChI=1S/C17H20BrNOS/c1-3-19-11-13-8-9-14(15(18)10-13)12-20-16-6-4-5-7-17(16)21-2/h4-10,19H,3,11-12H2,1-2H3. The van der Waals surface area contributed by atoms with Gasteiger partial charge in [0.15, 0.2) is 0 Å². The number of nitrogens with one attached hydrogen (secondary N) is 1. The van der Waals surface area contributed by atoms with Crippen molar-refractivity contribution >= 4 is 27.7 Å². The number of ether oxygens (including phenoxy) is 1. The van der Waals surface area contributed by atoms with Crippen LogP contribution in [0.15, 0.2) is 51.8 Å². The van der Waals surface area contributed by atoms with Crippen molar-refractivity contribution in [1.29, 1.82) is 0 Å². The highest BCUT2D eigenvalue weighted by Gasteiger charge is 2.05. The summed E-state index contributed by atoms with van der Waals surface area (Å²) in [6.07, 6.45) is 2.06. The molecule has 0 saturated carbocycles. The highest BCUT2D eigenvalue weighted by molar-refractivity contribution is 9.10. The van der Waals surface area contributed by atoms with Crippen LogP contribution in [-0.2, 0) is 13.2 Å². The zero-order valence-corrected chi connectivity index (χ0v) is 14.8. The van der Waals surface area contributed by atoms with E-state index in [0.29, 0.717) is 6.61 Å². The van der Waals surface area contributed by atoms with E-state index in [1.165, 1.54) is 5.56 Å². The first-order valence-electron chi connectivity index (χ1n) is 6.98. The van der Waals surface area contributed by atoms with Crippen LogP contribution in [0.2, 0.25) is 0 Å². The molecule has 0 amide bonds. The highest BCUT2D eigenvalue weighted by atomic mass is 79.9. The zero-order chi connectivity index (χ0) is 15.1. The van der Waals surface area contributed by atoms with Crippen LogP contribution in [0.1, 0.15) is 18.1 Å². The third kappa shape index (κ3) is 4.77. The van der Waals surface area contributed by atoms with Crippen LogP contribution < -0.4 is 10.1 Å². The van der Waals surface area contributed by atoms with Gasteiger partial charge in [-0.2, -0.15) is 0 Å². The van der Waals surface area contributed by atoms with Crippen molar-refractivity contribution in [3.8, 4) is 5.75 Å². The van der Waals surface area contributed by atoms with Crippen molar-refractivity contribution in [2.75, 3.05) is 12.8 Å². The maximum Gasteiger partial charge on any atom is 0.133 e. The molecular weight excluding hydrogens is 346 g/mol. The number of halogens is 1. The summed E-state index contributed by atoms with van der Waals surface area (Å²) in [5, 5.41) is 3.33. The molecule has 0 bridgehead atoms. The lowest BCUT2D eigenvalue weighted by Gasteiger charge is -2.12. The third-order valence-corrected chi connectivity index (χ3v) is 4.66. The summed E-state index contributed by atoms with van der Waals surface area (Å²) >= 11 is 5.34. The van der Waals surface area contributed by atoms with Crippen LogP contribution in [0.5, 0.6) is 5.75 Å². The average Bonchev–Trinajstić information content (AvgIpc) is 2.52. The molecule has 2 aromatic rings. The zero-order valence-electron chi connectivity index (χ0n) is 12.4. The molecule has 1 N–H and O–H groups in total. The van der Waals surface area contributed by atoms with Crippen LogP contribution in [-0.4, -0.2) is 12.8 Å². The molecule has 0 aliphatic heterocycles. The number of thioether (sulfide) groups is 1. The summed E-state index contributed by atoms with van der Waals surface area (Å²) in [4.78, 5) is 1.16. The summed E-state index contributed by atoms with van der Waals surface area (Å²) in [6, 6.07) is 14.6. The second-order valence-corrected chi connectivity index (χ2v) is 6.35. The van der Waals surface area contributed by atoms with E-state index in [1.807, 2.05) is 18.2 Å². The smallest absolute Gasteiger partial charge is 0.133 e. The fraction of sp³-hybridized carbons (Fsp3) is 0.294. The molecule has 0 heterocycles. The largest absolute Gasteiger partial charge is 0.488 e. The Morgan fingerprint density at radius 2 is 2.00 bits per heavy atom. The van der Waals surface area contributed by atoms with Crippen molar-refractivity contribution in [2.24, 2.45) is 0 Å². The minimum atomic E-state index is 0.569. The number of hydrogen-bond acceptors (Lipinski definition) is 3. The lowest BCUT2D eigenvalue weighted by Crippen LogP contribution is -2.11. The van der Waals surface area contributed by atoms with Crippen molar-refractivity contribution in [1.82, 2.24) is 5.32 Å². The fourth-order valence-electron chi connectivity index (χ4n) is 1.98. The first kappa shape index (κ1) is 16.4. The molecule has 2 aromatic carbocycles. The van der Waals surface area contributed by atoms with Gasteiger partial charge in [-0.1, -0.05) is 47.1 Å². The van der Waals surface area contributed by atoms with Gasteiger partial charge in [-0.3, -0.25) is 0 Å². The maximum absolute atomic E-state index is 5.95. The van der Waals surface area contributed by atoms with E-state index in [4.69, 9.17) is 4.74 Å². The topological polar surface area (TPSA) is 21.3 Å². The Morgan fingerprint density at radius 1 is 1.19 bits per heavy atom. The Morgan fingerprint density at radius 3 is 2.71 bits per heavy atom. The average molecular weight is 366 g/mol. The van der Waals surface area contributed by atoms with E-state index in [0.717, 1.165) is 33.8 Å². The van der Waals surface area contributed by atoms with Crippen LogP contribution in [0.25, 0.3) is 0 Å². The van der Waals surface area contributed by atoms with Crippen LogP contribution in [0, 0.1) is 0 Å². The van der Waals surface area contributed by atoms with Crippen molar-refractivity contribution in [2.45, 2.75) is 25.0 Å². The van der Waals surface area contributed by atoms with E-state index in [2.05, 4.69) is 58.7 Å². The van der Waals surface area contributed by atoms with Gasteiger partial charge in [0.1, 0.15) is 12.4 Å². The minimum Gasteiger partial charge on any atom is -0.488 e. The first-order chi connectivity index (χ1) is 10.2. The predicted octanol–water partition coefficient (Wildman–Crippen LogP) is 4.86. The van der Waals surface area contributed by atoms with Gasteiger partial charge < -0.3 is 10.1 Å². The Kier molecular flexibility index (Phi) is 6.61. The van der Waals surface area contributed by atoms with E-state index >= 15 is 0 Å². The quantitative estimate of drug-likeness (QED) is 0.707. The molecule has 0 spiro atoms. The molecular formula is C17H20BrNOS. The number of hydrogen-bond donors (Lipinski definition) is 1. The van der Waals surface area contributed by atoms with Crippen LogP contribution in [0.4, 0.5) is 0 Å². The summed E-state index contributed by atoms with van der Waals surface area (Å²) in [5.41, 5.74) is 2.43. The number of rotatable bonds is 7. The monoisotopic (exact) mass is 365 g/mol. The molecule has 0 aliphatic rings. The third-order valence-electron chi connectivity index (χ3n) is 3.15. The normalized spacial score (nSPS) is 10.6. The Balaban J connectivity index is 2.03. The van der Waals surface area contributed by atoms with Crippen LogP contribution >= 0.6 is 27.7 Å². The van der Waals surface area contributed by atoms with Gasteiger partial charge >= 0.3 is 0 Å². The van der Waals surface area contributed by atoms with Gasteiger partial charge in [0.2, 0.25) is 0 Å². The van der Waals surface area contributed by atoms with E-state index in [1.54, 1.807) is 11.8 Å². The lowest BCUT2D eigenvalue weighted by molar-refractivity contribution is 0.298. The minimum absolute atomic E-state index is 0.569. The van der Waals surface area contributed by atoms with Gasteiger partial charge in [0.05, 0.1) is 0 Å². The van der Waals surface area contributed by atoms with Gasteiger partial charge in [-0.05, 0) is 36.6 Å². The highest BCUT2D eigenvalue weighted by Crippen LogP contribution is 2.28. The second-order valence-electron chi connectivity index (χ2n) is 4.65. The molecule has 0 aliphatic carbocycles. The molecule has 0 fully saturated rings. The van der Waals surface area contributed by atoms with Gasteiger partial charge in [0.25, 0.3) is 0 Å². The molecule has 0 saturated heterocycles. The first-order valence-corrected chi connectivity index (χ1v) is 9.00. The summed E-state index contributed by atoms with van der Waals surface area (Å²) < 4.78 is 7.05. The summed E-state index contributed by atoms with van der Waals surface area (Å²) in [7, 11) is 0. The summed E-state index contributed by atoms with van der Waals surface area (Å²) in [5.74, 6) is 0.939. The molecule has 0 aromatic heterocycles. The molecule has 112 valence electrons. The number of benzene rings is 2. The molecule has 0 radical (unpaired) electrons. The second kappa shape index (κ2) is 8.47. The van der Waals surface area contributed by atoms with Crippen molar-refractivity contribution in [3.63, 3.8) is 0 Å². The predicted molar refractivity (Wildman–Crippen MR) is 94.1 cm³/mol. The van der Waals surface area contributed by atoms with E-state index < -0.39 is 0 Å². The molecule has 2 rings (SSSR count). The van der Waals surface area contributed by atoms with Crippen LogP contribution in [0.3, 0.4) is 0 Å². The Hall–Kier alpha value is -0.970. The van der Waals surface area contributed by atoms with Gasteiger partial charge in [-0.25, -0.2) is 0 Å². The van der Waals surface area contributed by atoms with Crippen molar-refractivity contribution in [3.05, 3.63) is 58.1 Å². The van der Waals surface area contributed by atoms with Gasteiger partial charge in [-0.15, -0.1) is 11.8 Å².